The van der Waals surface area contributed by atoms with Gasteiger partial charge in [-0.1, -0.05) is 0 Å². The molecule has 0 heterocycles. The Balaban J connectivity index is 1.89. The van der Waals surface area contributed by atoms with Gasteiger partial charge in [-0.05, 0) is 54.1 Å². The zero-order chi connectivity index (χ0) is 15.1. The topological polar surface area (TPSA) is 70.9 Å². The number of nitrogens with one attached hydrogen (secondary N) is 1. The molecular weight excluding hydrogens is 275 g/mol. The van der Waals surface area contributed by atoms with Crippen molar-refractivity contribution in [3.63, 3.8) is 0 Å². The molecule has 0 radical (unpaired) electrons. The maximum atomic E-state index is 12.7. The molecule has 0 saturated heterocycles. The van der Waals surface area contributed by atoms with Crippen LogP contribution in [0.4, 0.5) is 10.1 Å². The van der Waals surface area contributed by atoms with Crippen LogP contribution in [0, 0.1) is 5.82 Å². The normalized spacial score (nSPS) is 10.5. The van der Waals surface area contributed by atoms with Gasteiger partial charge in [0, 0.05) is 0 Å². The zero-order valence-electron chi connectivity index (χ0n) is 11.0. The number of anilines is 1. The van der Waals surface area contributed by atoms with Crippen LogP contribution in [0.1, 0.15) is 5.56 Å². The number of halogens is 1. The summed E-state index contributed by atoms with van der Waals surface area (Å²) >= 11 is 0. The number of aliphatic carboxylic acids is 1. The van der Waals surface area contributed by atoms with E-state index in [-0.39, 0.29) is 12.4 Å². The summed E-state index contributed by atoms with van der Waals surface area (Å²) in [6.45, 7) is -0.375. The van der Waals surface area contributed by atoms with Gasteiger partial charge in [0.15, 0.2) is 6.61 Å². The molecule has 2 aromatic rings. The van der Waals surface area contributed by atoms with Crippen molar-refractivity contribution in [2.75, 3.05) is 12.0 Å². The van der Waals surface area contributed by atoms with Gasteiger partial charge in [0.25, 0.3) is 0 Å². The number of hydrogen-bond acceptors (Lipinski definition) is 4. The van der Waals surface area contributed by atoms with Gasteiger partial charge in [-0.15, -0.1) is 0 Å². The van der Waals surface area contributed by atoms with E-state index in [4.69, 9.17) is 9.84 Å². The lowest BCUT2D eigenvalue weighted by molar-refractivity contribution is -0.139. The molecule has 0 atom stereocenters. The van der Waals surface area contributed by atoms with E-state index in [9.17, 15) is 9.18 Å². The van der Waals surface area contributed by atoms with Crippen LogP contribution < -0.4 is 10.2 Å². The Morgan fingerprint density at radius 2 is 1.86 bits per heavy atom. The first kappa shape index (κ1) is 14.5. The second kappa shape index (κ2) is 7.04. The minimum atomic E-state index is -1.02. The van der Waals surface area contributed by atoms with Crippen molar-refractivity contribution in [2.45, 2.75) is 0 Å². The number of benzene rings is 2. The van der Waals surface area contributed by atoms with Crippen LogP contribution in [0.2, 0.25) is 0 Å². The maximum absolute atomic E-state index is 12.7. The van der Waals surface area contributed by atoms with Crippen molar-refractivity contribution >= 4 is 17.9 Å². The van der Waals surface area contributed by atoms with E-state index in [0.717, 1.165) is 5.56 Å². The van der Waals surface area contributed by atoms with Gasteiger partial charge in [-0.25, -0.2) is 9.18 Å². The van der Waals surface area contributed by atoms with E-state index in [0.29, 0.717) is 11.4 Å². The fourth-order valence-electron chi connectivity index (χ4n) is 1.50. The number of hydrogen-bond donors (Lipinski definition) is 2. The zero-order valence-corrected chi connectivity index (χ0v) is 11.0. The number of ether oxygens (including phenoxy) is 1. The van der Waals surface area contributed by atoms with Gasteiger partial charge in [-0.3, -0.25) is 5.43 Å². The molecular formula is C15H13FN2O3. The minimum Gasteiger partial charge on any atom is -0.482 e. The number of rotatable bonds is 6. The fraction of sp³-hybridized carbons (Fsp3) is 0.0667. The predicted molar refractivity (Wildman–Crippen MR) is 77.2 cm³/mol. The van der Waals surface area contributed by atoms with E-state index >= 15 is 0 Å². The third kappa shape index (κ3) is 4.94. The smallest absolute Gasteiger partial charge is 0.341 e. The molecule has 0 amide bonds. The van der Waals surface area contributed by atoms with Crippen molar-refractivity contribution in [3.05, 3.63) is 59.9 Å². The Hall–Kier alpha value is -2.89. The molecule has 0 aliphatic rings. The van der Waals surface area contributed by atoms with Crippen molar-refractivity contribution < 1.29 is 19.0 Å². The van der Waals surface area contributed by atoms with E-state index in [1.165, 1.54) is 12.1 Å². The highest BCUT2D eigenvalue weighted by atomic mass is 19.1. The summed E-state index contributed by atoms with van der Waals surface area (Å²) in [5.41, 5.74) is 4.26. The molecule has 0 bridgehead atoms. The van der Waals surface area contributed by atoms with Gasteiger partial charge in [-0.2, -0.15) is 5.10 Å². The molecule has 2 rings (SSSR count). The summed E-state index contributed by atoms with van der Waals surface area (Å²) in [6.07, 6.45) is 1.59. The number of carboxylic acid groups (broad SMARTS) is 1. The predicted octanol–water partition coefficient (Wildman–Crippen LogP) is 2.74. The number of carbonyl (C=O) groups is 1. The highest BCUT2D eigenvalue weighted by Crippen LogP contribution is 2.11. The molecule has 2 aromatic carbocycles. The lowest BCUT2D eigenvalue weighted by atomic mass is 10.2. The standard InChI is InChI=1S/C15H13FN2O3/c16-12-3-5-13(6-4-12)18-17-9-11-1-7-14(8-2-11)21-10-15(19)20/h1-9,18H,10H2,(H,19,20)/b17-9-. The van der Waals surface area contributed by atoms with Crippen molar-refractivity contribution in [1.29, 1.82) is 0 Å². The maximum Gasteiger partial charge on any atom is 0.341 e. The SMILES string of the molecule is O=C(O)COc1ccc(/C=N\Nc2ccc(F)cc2)cc1. The second-order valence-electron chi connectivity index (χ2n) is 4.13. The molecule has 0 saturated carbocycles. The fourth-order valence-corrected chi connectivity index (χ4v) is 1.50. The van der Waals surface area contributed by atoms with Crippen LogP contribution in [0.5, 0.6) is 5.75 Å². The Bertz CT molecular complexity index is 624. The van der Waals surface area contributed by atoms with Crippen LogP contribution >= 0.6 is 0 Å². The molecule has 6 heteroatoms. The number of hydrazone groups is 1. The summed E-state index contributed by atoms with van der Waals surface area (Å²) in [5.74, 6) is -0.855. The van der Waals surface area contributed by atoms with Crippen LogP contribution in [0.25, 0.3) is 0 Å². The van der Waals surface area contributed by atoms with Crippen LogP contribution in [-0.4, -0.2) is 23.9 Å². The first-order valence-electron chi connectivity index (χ1n) is 6.13. The average Bonchev–Trinajstić information content (AvgIpc) is 2.48. The minimum absolute atomic E-state index is 0.304. The summed E-state index contributed by atoms with van der Waals surface area (Å²) in [4.78, 5) is 10.4. The Morgan fingerprint density at radius 1 is 1.19 bits per heavy atom. The largest absolute Gasteiger partial charge is 0.482 e. The molecule has 108 valence electrons. The van der Waals surface area contributed by atoms with Crippen molar-refractivity contribution in [3.8, 4) is 5.75 Å². The van der Waals surface area contributed by atoms with E-state index in [2.05, 4.69) is 10.5 Å². The lowest BCUT2D eigenvalue weighted by Gasteiger charge is -2.03. The number of carboxylic acids is 1. The van der Waals surface area contributed by atoms with Gasteiger partial charge >= 0.3 is 5.97 Å². The van der Waals surface area contributed by atoms with Gasteiger partial charge in [0.1, 0.15) is 11.6 Å². The van der Waals surface area contributed by atoms with Gasteiger partial charge < -0.3 is 9.84 Å². The van der Waals surface area contributed by atoms with Gasteiger partial charge in [0.05, 0.1) is 11.9 Å². The Morgan fingerprint density at radius 3 is 2.48 bits per heavy atom. The molecule has 0 fully saturated rings. The van der Waals surface area contributed by atoms with Gasteiger partial charge in [0.2, 0.25) is 0 Å². The molecule has 5 nitrogen and oxygen atoms in total. The third-order valence-corrected chi connectivity index (χ3v) is 2.49. The summed E-state index contributed by atoms with van der Waals surface area (Å²) in [7, 11) is 0. The molecule has 0 aromatic heterocycles. The molecule has 0 aliphatic carbocycles. The van der Waals surface area contributed by atoms with E-state index in [1.54, 1.807) is 42.6 Å². The lowest BCUT2D eigenvalue weighted by Crippen LogP contribution is -2.09. The third-order valence-electron chi connectivity index (χ3n) is 2.49. The molecule has 21 heavy (non-hydrogen) atoms. The highest BCUT2D eigenvalue weighted by Gasteiger charge is 1.98. The van der Waals surface area contributed by atoms with Crippen LogP contribution in [0.3, 0.4) is 0 Å². The molecule has 0 aliphatic heterocycles. The van der Waals surface area contributed by atoms with Crippen molar-refractivity contribution in [2.24, 2.45) is 5.10 Å². The quantitative estimate of drug-likeness (QED) is 0.633. The Labute approximate surface area is 120 Å². The monoisotopic (exact) mass is 288 g/mol. The molecule has 0 spiro atoms. The second-order valence-corrected chi connectivity index (χ2v) is 4.13. The van der Waals surface area contributed by atoms with Crippen LogP contribution in [-0.2, 0) is 4.79 Å². The summed E-state index contributed by atoms with van der Waals surface area (Å²) < 4.78 is 17.7. The summed E-state index contributed by atoms with van der Waals surface area (Å²) in [6, 6.07) is 12.6. The molecule has 0 unspecified atom stereocenters. The van der Waals surface area contributed by atoms with Crippen molar-refractivity contribution in [1.82, 2.24) is 0 Å². The first-order chi connectivity index (χ1) is 10.1. The Kier molecular flexibility index (Phi) is 4.87. The highest BCUT2D eigenvalue weighted by molar-refractivity contribution is 5.80. The number of nitrogens with zero attached hydrogens (tertiary/aromatic N) is 1. The molecule has 2 N–H and O–H groups in total. The van der Waals surface area contributed by atoms with Crippen LogP contribution in [0.15, 0.2) is 53.6 Å². The van der Waals surface area contributed by atoms with E-state index < -0.39 is 5.97 Å². The van der Waals surface area contributed by atoms with E-state index in [1.807, 2.05) is 0 Å². The first-order valence-corrected chi connectivity index (χ1v) is 6.13. The summed E-state index contributed by atoms with van der Waals surface area (Å²) in [5, 5.41) is 12.5. The average molecular weight is 288 g/mol.